The van der Waals surface area contributed by atoms with Crippen molar-refractivity contribution in [2.75, 3.05) is 0 Å². The maximum atomic E-state index is 12.5. The molecule has 0 radical (unpaired) electrons. The van der Waals surface area contributed by atoms with Gasteiger partial charge in [0.15, 0.2) is 5.78 Å². The van der Waals surface area contributed by atoms with Crippen molar-refractivity contribution in [3.05, 3.63) is 95.6 Å². The molecule has 3 aromatic carbocycles. The van der Waals surface area contributed by atoms with Crippen LogP contribution in [-0.4, -0.2) is 11.8 Å². The number of hydrogen-bond donors (Lipinski definition) is 0. The molecule has 0 aliphatic rings. The number of para-hydroxylation sites is 1. The highest BCUT2D eigenvalue weighted by atomic mass is 16.5. The molecule has 3 rings (SSSR count). The molecule has 0 N–H and O–H groups in total. The summed E-state index contributed by atoms with van der Waals surface area (Å²) in [5.41, 5.74) is 0.366. The van der Waals surface area contributed by atoms with Crippen LogP contribution in [0, 0.1) is 0 Å². The van der Waals surface area contributed by atoms with Crippen molar-refractivity contribution in [3.63, 3.8) is 0 Å². The van der Waals surface area contributed by atoms with Crippen LogP contribution >= 0.6 is 0 Å². The summed E-state index contributed by atoms with van der Waals surface area (Å²) in [6.07, 6.45) is 0. The lowest BCUT2D eigenvalue weighted by atomic mass is 9.98. The van der Waals surface area contributed by atoms with Gasteiger partial charge in [0.2, 0.25) is 0 Å². The third-order valence-corrected chi connectivity index (χ3v) is 3.49. The Morgan fingerprint density at radius 2 is 1.21 bits per heavy atom. The molecular weight excluding hydrogens is 304 g/mol. The number of carbonyl (C=O) groups excluding carboxylic acids is 2. The first kappa shape index (κ1) is 15.5. The Bertz CT molecular complexity index is 868. The average Bonchev–Trinajstić information content (AvgIpc) is 2.62. The molecule has 4 heteroatoms. The maximum Gasteiger partial charge on any atom is 0.193 e. The molecule has 0 fully saturated rings. The van der Waals surface area contributed by atoms with E-state index in [2.05, 4.69) is 0 Å². The fourth-order valence-corrected chi connectivity index (χ4v) is 2.31. The second-order valence-electron chi connectivity index (χ2n) is 5.10. The Morgan fingerprint density at radius 3 is 1.83 bits per heavy atom. The molecule has 0 aliphatic heterocycles. The van der Waals surface area contributed by atoms with Gasteiger partial charge < -0.3 is 14.6 Å². The van der Waals surface area contributed by atoms with Gasteiger partial charge in [-0.1, -0.05) is 42.5 Å². The Morgan fingerprint density at radius 1 is 0.667 bits per heavy atom. The number of hydrogen-bond acceptors (Lipinski definition) is 4. The van der Waals surface area contributed by atoms with Crippen LogP contribution in [-0.2, 0) is 0 Å². The molecule has 4 nitrogen and oxygen atoms in total. The smallest absolute Gasteiger partial charge is 0.193 e. The third-order valence-electron chi connectivity index (χ3n) is 3.49. The fraction of sp³-hybridized carbons (Fsp3) is 0. The quantitative estimate of drug-likeness (QED) is 0.678. The van der Waals surface area contributed by atoms with Crippen molar-refractivity contribution < 1.29 is 19.4 Å². The zero-order valence-corrected chi connectivity index (χ0v) is 12.6. The number of carbonyl (C=O) groups is 2. The molecule has 0 unspecified atom stereocenters. The van der Waals surface area contributed by atoms with E-state index < -0.39 is 5.97 Å². The van der Waals surface area contributed by atoms with Crippen LogP contribution in [0.25, 0.3) is 0 Å². The highest BCUT2D eigenvalue weighted by Crippen LogP contribution is 2.22. The van der Waals surface area contributed by atoms with Crippen molar-refractivity contribution in [2.24, 2.45) is 0 Å². The number of aromatic carboxylic acids is 1. The Hall–Kier alpha value is -3.40. The van der Waals surface area contributed by atoms with Crippen molar-refractivity contribution in [3.8, 4) is 11.5 Å². The number of benzene rings is 3. The molecule has 0 atom stereocenters. The fourth-order valence-electron chi connectivity index (χ4n) is 2.31. The molecule has 0 amide bonds. The van der Waals surface area contributed by atoms with Gasteiger partial charge in [0, 0.05) is 16.7 Å². The molecule has 0 bridgehead atoms. The van der Waals surface area contributed by atoms with Gasteiger partial charge >= 0.3 is 0 Å². The van der Waals surface area contributed by atoms with Crippen LogP contribution in [0.3, 0.4) is 0 Å². The number of ketones is 1. The molecule has 0 aliphatic carbocycles. The normalized spacial score (nSPS) is 10.2. The third kappa shape index (κ3) is 3.33. The number of ether oxygens (including phenoxy) is 1. The summed E-state index contributed by atoms with van der Waals surface area (Å²) in [4.78, 5) is 23.6. The van der Waals surface area contributed by atoms with E-state index in [1.165, 1.54) is 12.1 Å². The monoisotopic (exact) mass is 317 g/mol. The van der Waals surface area contributed by atoms with E-state index >= 15 is 0 Å². The Balaban J connectivity index is 1.83. The second kappa shape index (κ2) is 6.79. The minimum absolute atomic E-state index is 0.106. The Kier molecular flexibility index (Phi) is 4.38. The summed E-state index contributed by atoms with van der Waals surface area (Å²) < 4.78 is 5.67. The number of carboxylic acids is 1. The zero-order valence-electron chi connectivity index (χ0n) is 12.6. The summed E-state index contributed by atoms with van der Waals surface area (Å²) in [6.45, 7) is 0. The zero-order chi connectivity index (χ0) is 16.9. The number of carboxylic acid groups (broad SMARTS) is 1. The Labute approximate surface area is 139 Å². The van der Waals surface area contributed by atoms with Gasteiger partial charge in [-0.2, -0.15) is 0 Å². The van der Waals surface area contributed by atoms with Crippen molar-refractivity contribution in [2.45, 2.75) is 0 Å². The van der Waals surface area contributed by atoms with Gasteiger partial charge in [0.1, 0.15) is 11.5 Å². The van der Waals surface area contributed by atoms with Gasteiger partial charge in [-0.3, -0.25) is 4.79 Å². The molecular formula is C20H13O4-. The van der Waals surface area contributed by atoms with Gasteiger partial charge in [-0.25, -0.2) is 0 Å². The molecule has 0 aromatic heterocycles. The van der Waals surface area contributed by atoms with Crippen LogP contribution < -0.4 is 9.84 Å². The first-order chi connectivity index (χ1) is 11.6. The predicted octanol–water partition coefficient (Wildman–Crippen LogP) is 3.07. The van der Waals surface area contributed by atoms with Gasteiger partial charge in [0.05, 0.1) is 5.97 Å². The first-order valence-electron chi connectivity index (χ1n) is 7.33. The molecule has 0 heterocycles. The highest BCUT2D eigenvalue weighted by Gasteiger charge is 2.14. The lowest BCUT2D eigenvalue weighted by Gasteiger charge is -2.10. The summed E-state index contributed by atoms with van der Waals surface area (Å²) >= 11 is 0. The standard InChI is InChI=1S/C20H14O4/c21-19(17-8-4-5-9-18(17)20(22)23)14-10-12-16(13-11-14)24-15-6-2-1-3-7-15/h1-13H,(H,22,23)/p-1. The lowest BCUT2D eigenvalue weighted by Crippen LogP contribution is -2.25. The average molecular weight is 317 g/mol. The second-order valence-corrected chi connectivity index (χ2v) is 5.10. The van der Waals surface area contributed by atoms with Gasteiger partial charge in [-0.05, 0) is 36.4 Å². The molecule has 24 heavy (non-hydrogen) atoms. The van der Waals surface area contributed by atoms with Crippen LogP contribution in [0.5, 0.6) is 11.5 Å². The van der Waals surface area contributed by atoms with Crippen LogP contribution in [0.4, 0.5) is 0 Å². The molecule has 118 valence electrons. The summed E-state index contributed by atoms with van der Waals surface area (Å²) in [5, 5.41) is 11.1. The minimum Gasteiger partial charge on any atom is -0.545 e. The van der Waals surface area contributed by atoms with Crippen LogP contribution in [0.15, 0.2) is 78.9 Å². The summed E-state index contributed by atoms with van der Waals surface area (Å²) in [5.74, 6) is -0.464. The van der Waals surface area contributed by atoms with E-state index in [0.29, 0.717) is 17.1 Å². The predicted molar refractivity (Wildman–Crippen MR) is 87.2 cm³/mol. The van der Waals surface area contributed by atoms with E-state index in [4.69, 9.17) is 4.74 Å². The van der Waals surface area contributed by atoms with Crippen LogP contribution in [0.2, 0.25) is 0 Å². The van der Waals surface area contributed by atoms with E-state index in [-0.39, 0.29) is 16.9 Å². The SMILES string of the molecule is O=C([O-])c1ccccc1C(=O)c1ccc(Oc2ccccc2)cc1. The largest absolute Gasteiger partial charge is 0.545 e. The van der Waals surface area contributed by atoms with E-state index in [0.717, 1.165) is 0 Å². The van der Waals surface area contributed by atoms with Gasteiger partial charge in [0.25, 0.3) is 0 Å². The summed E-state index contributed by atoms with van der Waals surface area (Å²) in [6, 6.07) is 21.8. The molecule has 0 saturated heterocycles. The first-order valence-corrected chi connectivity index (χ1v) is 7.33. The van der Waals surface area contributed by atoms with E-state index in [1.54, 1.807) is 36.4 Å². The van der Waals surface area contributed by atoms with Gasteiger partial charge in [-0.15, -0.1) is 0 Å². The highest BCUT2D eigenvalue weighted by molar-refractivity contribution is 6.13. The van der Waals surface area contributed by atoms with E-state index in [1.807, 2.05) is 30.3 Å². The topological polar surface area (TPSA) is 66.4 Å². The van der Waals surface area contributed by atoms with Crippen molar-refractivity contribution in [1.29, 1.82) is 0 Å². The van der Waals surface area contributed by atoms with Crippen LogP contribution in [0.1, 0.15) is 26.3 Å². The molecule has 0 saturated carbocycles. The number of rotatable bonds is 5. The minimum atomic E-state index is -1.37. The lowest BCUT2D eigenvalue weighted by molar-refractivity contribution is -0.255. The molecule has 3 aromatic rings. The van der Waals surface area contributed by atoms with Crippen molar-refractivity contribution >= 4 is 11.8 Å². The van der Waals surface area contributed by atoms with Crippen molar-refractivity contribution in [1.82, 2.24) is 0 Å². The maximum absolute atomic E-state index is 12.5. The molecule has 0 spiro atoms. The summed E-state index contributed by atoms with van der Waals surface area (Å²) in [7, 11) is 0. The van der Waals surface area contributed by atoms with E-state index in [9.17, 15) is 14.7 Å².